The number of nitrogens with zero attached hydrogens (tertiary/aromatic N) is 1. The van der Waals surface area contributed by atoms with Crippen molar-refractivity contribution < 1.29 is 25.6 Å². The van der Waals surface area contributed by atoms with Gasteiger partial charge in [-0.25, -0.2) is 0 Å². The number of benzene rings is 1. The highest BCUT2D eigenvalue weighted by Crippen LogP contribution is 2.34. The molecule has 1 atom stereocenters. The molecule has 3 aliphatic rings. The van der Waals surface area contributed by atoms with E-state index >= 15 is 0 Å². The molecule has 8 nitrogen and oxygen atoms in total. The van der Waals surface area contributed by atoms with Gasteiger partial charge in [0.2, 0.25) is 0 Å². The summed E-state index contributed by atoms with van der Waals surface area (Å²) in [5, 5.41) is 14.0. The van der Waals surface area contributed by atoms with E-state index in [1.54, 1.807) is 7.11 Å². The van der Waals surface area contributed by atoms with Crippen LogP contribution in [0.5, 0.6) is 0 Å². The largest absolute Gasteiger partial charge is 0.496 e. The van der Waals surface area contributed by atoms with Crippen molar-refractivity contribution in [1.82, 2.24) is 15.5 Å². The van der Waals surface area contributed by atoms with E-state index in [-0.39, 0.29) is 24.9 Å². The molecule has 4 rings (SSSR count). The monoisotopic (exact) mass is 529 g/mol. The number of aliphatic hydroxyl groups excluding tert-OH is 1. The molecular weight excluding hydrogens is 482 g/mol. The van der Waals surface area contributed by atoms with Gasteiger partial charge in [0.15, 0.2) is 0 Å². The summed E-state index contributed by atoms with van der Waals surface area (Å²) in [7, 11) is 3.76. The number of aliphatic hydroxyl groups is 1. The Morgan fingerprint density at radius 1 is 1.29 bits per heavy atom. The molecule has 0 radical (unpaired) electrons. The summed E-state index contributed by atoms with van der Waals surface area (Å²) in [5.41, 5.74) is 2.19. The fourth-order valence-corrected chi connectivity index (χ4v) is 4.52. The average molecular weight is 530 g/mol. The molecule has 0 spiro atoms. The number of nitrogens with one attached hydrogen (secondary N) is 2. The molecule has 2 aliphatic heterocycles. The van der Waals surface area contributed by atoms with Crippen molar-refractivity contribution in [1.29, 1.82) is 0 Å². The smallest absolute Gasteiger partial charge is 0.254 e. The van der Waals surface area contributed by atoms with Crippen LogP contribution in [0.4, 0.5) is 0 Å². The van der Waals surface area contributed by atoms with Gasteiger partial charge < -0.3 is 29.6 Å². The van der Waals surface area contributed by atoms with Crippen LogP contribution in [0.3, 0.4) is 0 Å². The Morgan fingerprint density at radius 3 is 2.50 bits per heavy atom. The highest BCUT2D eigenvalue weighted by molar-refractivity contribution is 5.97. The number of ether oxygens (including phenoxy) is 2. The van der Waals surface area contributed by atoms with Crippen LogP contribution >= 0.6 is 0 Å². The molecule has 212 valence electrons. The zero-order chi connectivity index (χ0) is 27.9. The number of piperidine rings is 1. The molecule has 1 aromatic carbocycles. The number of methoxy groups -OCH3 is 1. The van der Waals surface area contributed by atoms with Crippen molar-refractivity contribution in [2.75, 3.05) is 53.7 Å². The molecule has 1 amide bonds. The number of rotatable bonds is 7. The van der Waals surface area contributed by atoms with E-state index in [1.807, 2.05) is 30.4 Å². The minimum Gasteiger partial charge on any atom is -0.496 e. The predicted octanol–water partition coefficient (Wildman–Crippen LogP) is 3.34. The van der Waals surface area contributed by atoms with E-state index in [1.165, 1.54) is 5.56 Å². The second kappa shape index (κ2) is 16.2. The number of aldehydes is 1. The predicted molar refractivity (Wildman–Crippen MR) is 153 cm³/mol. The molecule has 1 aromatic rings. The van der Waals surface area contributed by atoms with Crippen LogP contribution in [0, 0.1) is 0 Å². The van der Waals surface area contributed by atoms with Gasteiger partial charge in [0.25, 0.3) is 5.91 Å². The van der Waals surface area contributed by atoms with Crippen molar-refractivity contribution >= 4 is 12.2 Å². The fourth-order valence-electron chi connectivity index (χ4n) is 4.52. The van der Waals surface area contributed by atoms with Crippen LogP contribution in [0.2, 0.25) is 0 Å². The molecule has 38 heavy (non-hydrogen) atoms. The highest BCUT2D eigenvalue weighted by Gasteiger charge is 2.36. The van der Waals surface area contributed by atoms with Gasteiger partial charge in [0, 0.05) is 18.9 Å². The lowest BCUT2D eigenvalue weighted by atomic mass is 9.72. The Kier molecular flexibility index (Phi) is 13.4. The van der Waals surface area contributed by atoms with E-state index in [9.17, 15) is 4.79 Å². The highest BCUT2D eigenvalue weighted by atomic mass is 16.5. The third-order valence-electron chi connectivity index (χ3n) is 7.37. The lowest BCUT2D eigenvalue weighted by molar-refractivity contribution is -0.118. The maximum absolute atomic E-state index is 12.9. The van der Waals surface area contributed by atoms with Crippen LogP contribution < -0.4 is 10.6 Å². The maximum Gasteiger partial charge on any atom is 0.254 e. The Bertz CT molecular complexity index is 951. The van der Waals surface area contributed by atoms with Gasteiger partial charge in [-0.1, -0.05) is 55.5 Å². The number of amides is 1. The Labute approximate surface area is 229 Å². The number of carbonyl (C=O) groups is 2. The van der Waals surface area contributed by atoms with E-state index in [2.05, 4.69) is 60.7 Å². The van der Waals surface area contributed by atoms with Gasteiger partial charge >= 0.3 is 0 Å². The maximum atomic E-state index is 12.9. The quantitative estimate of drug-likeness (QED) is 0.466. The van der Waals surface area contributed by atoms with Gasteiger partial charge in [-0.2, -0.15) is 0 Å². The standard InChI is InChI=1S/C22H28N2O2.C6H13NO.C2H4O2.H2/c1-24-15-13-22(14-16-24,18-9-5-3-6-10-18)17-23-21(25)19-11-7-4-8-12-20(19)26-2;1-3-6(2)4-8-5-7-6;3-1-2-4;/h3-6,8-12H,7,13-17H2,1-2H3,(H,23,25);7H,3-5H2,1-2H3;1,4H,2H2;1H. The topological polar surface area (TPSA) is 100 Å². The summed E-state index contributed by atoms with van der Waals surface area (Å²) < 4.78 is 10.5. The number of likely N-dealkylation sites (tertiary alicyclic amines) is 1. The summed E-state index contributed by atoms with van der Waals surface area (Å²) in [6.45, 7) is 8.31. The van der Waals surface area contributed by atoms with Gasteiger partial charge in [-0.3, -0.25) is 10.1 Å². The molecule has 2 fully saturated rings. The lowest BCUT2D eigenvalue weighted by Gasteiger charge is -2.41. The molecule has 0 bridgehead atoms. The third kappa shape index (κ3) is 9.51. The Hall–Kier alpha value is -2.78. The second-order valence-electron chi connectivity index (χ2n) is 10.1. The van der Waals surface area contributed by atoms with Crippen molar-refractivity contribution in [3.05, 3.63) is 71.5 Å². The SMILES string of the molecule is CCC1(C)COCN1.COC1=CC=CCC=C1C(=O)NCC1(c2ccccc2)CCN(C)CC1.O=CCO.[HH]. The molecule has 3 N–H and O–H groups in total. The molecule has 1 aliphatic carbocycles. The van der Waals surface area contributed by atoms with Gasteiger partial charge in [0.1, 0.15) is 12.0 Å². The molecule has 1 unspecified atom stereocenters. The van der Waals surface area contributed by atoms with Gasteiger partial charge in [-0.15, -0.1) is 0 Å². The van der Waals surface area contributed by atoms with E-state index in [4.69, 9.17) is 19.4 Å². The van der Waals surface area contributed by atoms with Crippen molar-refractivity contribution in [2.24, 2.45) is 0 Å². The first-order valence-electron chi connectivity index (χ1n) is 13.3. The molecule has 0 aromatic heterocycles. The summed E-state index contributed by atoms with van der Waals surface area (Å²) >= 11 is 0. The zero-order valence-corrected chi connectivity index (χ0v) is 23.4. The Balaban J connectivity index is 0.000000487. The Morgan fingerprint density at radius 2 is 1.97 bits per heavy atom. The summed E-state index contributed by atoms with van der Waals surface area (Å²) in [6, 6.07) is 10.6. The van der Waals surface area contributed by atoms with Crippen molar-refractivity contribution in [2.45, 2.75) is 50.5 Å². The number of carbonyl (C=O) groups excluding carboxylic acids is 2. The number of hydrogen-bond acceptors (Lipinski definition) is 7. The summed E-state index contributed by atoms with van der Waals surface area (Å²) in [6.07, 6.45) is 12.1. The van der Waals surface area contributed by atoms with Crippen molar-refractivity contribution in [3.8, 4) is 0 Å². The normalized spacial score (nSPS) is 22.3. The first kappa shape index (κ1) is 31.4. The summed E-state index contributed by atoms with van der Waals surface area (Å²) in [5.74, 6) is 0.560. The molecule has 2 saturated heterocycles. The van der Waals surface area contributed by atoms with E-state index < -0.39 is 0 Å². The molecule has 0 saturated carbocycles. The van der Waals surface area contributed by atoms with E-state index in [0.717, 1.165) is 52.1 Å². The van der Waals surface area contributed by atoms with Crippen LogP contribution in [0.15, 0.2) is 66.0 Å². The van der Waals surface area contributed by atoms with Crippen LogP contribution in [0.1, 0.15) is 46.5 Å². The number of allylic oxidation sites excluding steroid dienone is 4. The molecule has 2 heterocycles. The first-order chi connectivity index (χ1) is 18.3. The van der Waals surface area contributed by atoms with Crippen LogP contribution in [0.25, 0.3) is 0 Å². The minimum atomic E-state index is -0.361. The van der Waals surface area contributed by atoms with Gasteiger partial charge in [-0.05, 0) is 64.4 Å². The molecule has 8 heteroatoms. The first-order valence-corrected chi connectivity index (χ1v) is 13.3. The second-order valence-corrected chi connectivity index (χ2v) is 10.1. The van der Waals surface area contributed by atoms with Crippen LogP contribution in [-0.2, 0) is 24.5 Å². The minimum absolute atomic E-state index is 0. The molecular formula is C30H47N3O5. The zero-order valence-electron chi connectivity index (χ0n) is 23.4. The summed E-state index contributed by atoms with van der Waals surface area (Å²) in [4.78, 5) is 24.1. The van der Waals surface area contributed by atoms with Crippen molar-refractivity contribution in [3.63, 3.8) is 0 Å². The fraction of sp³-hybridized carbons (Fsp3) is 0.533. The van der Waals surface area contributed by atoms with E-state index in [0.29, 0.717) is 24.2 Å². The average Bonchev–Trinajstić information content (AvgIpc) is 3.26. The lowest BCUT2D eigenvalue weighted by Crippen LogP contribution is -2.48. The number of hydrogen-bond donors (Lipinski definition) is 3. The van der Waals surface area contributed by atoms with Crippen LogP contribution in [-0.4, -0.2) is 81.5 Å². The third-order valence-corrected chi connectivity index (χ3v) is 7.37. The van der Waals surface area contributed by atoms with Gasteiger partial charge in [0.05, 0.1) is 32.6 Å².